The van der Waals surface area contributed by atoms with E-state index in [0.29, 0.717) is 39.3 Å². The quantitative estimate of drug-likeness (QED) is 0.727. The van der Waals surface area contributed by atoms with Gasteiger partial charge in [-0.3, -0.25) is 4.79 Å². The predicted molar refractivity (Wildman–Crippen MR) is 106 cm³/mol. The van der Waals surface area contributed by atoms with E-state index >= 15 is 0 Å². The molecule has 1 N–H and O–H groups in total. The molecule has 0 atom stereocenters. The summed E-state index contributed by atoms with van der Waals surface area (Å²) in [5, 5.41) is 10.6. The van der Waals surface area contributed by atoms with Gasteiger partial charge in [0, 0.05) is 17.7 Å². The third-order valence-corrected chi connectivity index (χ3v) is 4.74. The summed E-state index contributed by atoms with van der Waals surface area (Å²) in [5.74, 6) is 1.37. The molecule has 28 heavy (non-hydrogen) atoms. The maximum absolute atomic E-state index is 13.3. The lowest BCUT2D eigenvalue weighted by Gasteiger charge is -2.28. The van der Waals surface area contributed by atoms with Gasteiger partial charge in [0.1, 0.15) is 45.8 Å². The number of phenols is 1. The van der Waals surface area contributed by atoms with Crippen molar-refractivity contribution in [3.8, 4) is 34.1 Å². The second-order valence-electron chi connectivity index (χ2n) is 7.10. The summed E-state index contributed by atoms with van der Waals surface area (Å²) < 4.78 is 22.4. The first-order valence-electron chi connectivity index (χ1n) is 8.77. The van der Waals surface area contributed by atoms with Crippen molar-refractivity contribution in [2.75, 3.05) is 14.2 Å². The van der Waals surface area contributed by atoms with E-state index in [1.807, 2.05) is 26.0 Å². The molecule has 6 nitrogen and oxygen atoms in total. The van der Waals surface area contributed by atoms with Gasteiger partial charge in [0.25, 0.3) is 0 Å². The van der Waals surface area contributed by atoms with Crippen LogP contribution < -0.4 is 19.6 Å². The Bertz CT molecular complexity index is 1170. The summed E-state index contributed by atoms with van der Waals surface area (Å²) in [7, 11) is 3.00. The van der Waals surface area contributed by atoms with Gasteiger partial charge < -0.3 is 23.7 Å². The van der Waals surface area contributed by atoms with E-state index in [-0.39, 0.29) is 16.7 Å². The maximum atomic E-state index is 13.3. The second-order valence-corrected chi connectivity index (χ2v) is 7.10. The zero-order valence-corrected chi connectivity index (χ0v) is 16.0. The first kappa shape index (κ1) is 18.0. The molecule has 0 fully saturated rings. The molecule has 0 amide bonds. The van der Waals surface area contributed by atoms with Crippen LogP contribution >= 0.6 is 0 Å². The standard InChI is InChI=1S/C22H20O6/c1-22(2)8-7-14-17(28-22)10-18-19(21(14)26-4)20(24)15(11-27-18)13-6-5-12(25-3)9-16(13)23/h5-11,23H,1-4H3. The molecule has 2 aromatic carbocycles. The molecule has 0 saturated heterocycles. The van der Waals surface area contributed by atoms with Gasteiger partial charge in [-0.25, -0.2) is 0 Å². The zero-order valence-electron chi connectivity index (χ0n) is 16.0. The van der Waals surface area contributed by atoms with Crippen LogP contribution in [0.4, 0.5) is 0 Å². The first-order chi connectivity index (χ1) is 13.3. The lowest BCUT2D eigenvalue weighted by molar-refractivity contribution is 0.158. The van der Waals surface area contributed by atoms with E-state index in [1.54, 1.807) is 18.2 Å². The predicted octanol–water partition coefficient (Wildman–Crippen LogP) is 4.37. The molecule has 1 aromatic heterocycles. The molecule has 6 heteroatoms. The van der Waals surface area contributed by atoms with Gasteiger partial charge in [-0.2, -0.15) is 0 Å². The normalized spacial score (nSPS) is 14.4. The Morgan fingerprint density at radius 1 is 1.07 bits per heavy atom. The number of hydrogen-bond acceptors (Lipinski definition) is 6. The monoisotopic (exact) mass is 380 g/mol. The van der Waals surface area contributed by atoms with Crippen molar-refractivity contribution in [1.82, 2.24) is 0 Å². The molecule has 4 rings (SSSR count). The zero-order chi connectivity index (χ0) is 20.1. The Hall–Kier alpha value is -3.41. The fourth-order valence-electron chi connectivity index (χ4n) is 3.35. The van der Waals surface area contributed by atoms with Crippen molar-refractivity contribution in [3.63, 3.8) is 0 Å². The minimum Gasteiger partial charge on any atom is -0.507 e. The SMILES string of the molecule is COc1ccc(-c2coc3cc4c(c(OC)c3c2=O)C=CC(C)(C)O4)c(O)c1. The van der Waals surface area contributed by atoms with E-state index in [0.717, 1.165) is 0 Å². The lowest BCUT2D eigenvalue weighted by Crippen LogP contribution is -2.27. The average Bonchev–Trinajstić information content (AvgIpc) is 2.66. The van der Waals surface area contributed by atoms with Crippen molar-refractivity contribution in [1.29, 1.82) is 0 Å². The third-order valence-electron chi connectivity index (χ3n) is 4.74. The van der Waals surface area contributed by atoms with E-state index < -0.39 is 5.60 Å². The van der Waals surface area contributed by atoms with Gasteiger partial charge >= 0.3 is 0 Å². The number of rotatable bonds is 3. The van der Waals surface area contributed by atoms with Crippen LogP contribution in [-0.4, -0.2) is 24.9 Å². The molecule has 1 aliphatic heterocycles. The van der Waals surface area contributed by atoms with Crippen LogP contribution in [0.1, 0.15) is 19.4 Å². The summed E-state index contributed by atoms with van der Waals surface area (Å²) in [5.41, 5.74) is 0.831. The van der Waals surface area contributed by atoms with Crippen molar-refractivity contribution < 1.29 is 23.7 Å². The summed E-state index contributed by atoms with van der Waals surface area (Å²) in [6, 6.07) is 6.42. The minimum absolute atomic E-state index is 0.0760. The van der Waals surface area contributed by atoms with Crippen molar-refractivity contribution in [2.45, 2.75) is 19.4 Å². The van der Waals surface area contributed by atoms with Gasteiger partial charge in [-0.05, 0) is 38.1 Å². The molecule has 144 valence electrons. The second kappa shape index (κ2) is 6.34. The number of methoxy groups -OCH3 is 2. The molecule has 0 spiro atoms. The first-order valence-corrected chi connectivity index (χ1v) is 8.77. The largest absolute Gasteiger partial charge is 0.507 e. The molecule has 0 unspecified atom stereocenters. The minimum atomic E-state index is -0.471. The van der Waals surface area contributed by atoms with Crippen LogP contribution in [0.5, 0.6) is 23.0 Å². The van der Waals surface area contributed by atoms with Gasteiger partial charge in [0.05, 0.1) is 25.3 Å². The van der Waals surface area contributed by atoms with E-state index in [4.69, 9.17) is 18.6 Å². The van der Waals surface area contributed by atoms with Crippen molar-refractivity contribution >= 4 is 17.0 Å². The Morgan fingerprint density at radius 2 is 1.86 bits per heavy atom. The lowest BCUT2D eigenvalue weighted by atomic mass is 9.98. The Morgan fingerprint density at radius 3 is 2.54 bits per heavy atom. The summed E-state index contributed by atoms with van der Waals surface area (Å²) in [6.45, 7) is 3.88. The van der Waals surface area contributed by atoms with Crippen molar-refractivity contribution in [3.05, 3.63) is 52.4 Å². The van der Waals surface area contributed by atoms with Crippen LogP contribution in [0, 0.1) is 0 Å². The van der Waals surface area contributed by atoms with E-state index in [1.165, 1.54) is 26.5 Å². The number of aromatic hydroxyl groups is 1. The molecule has 2 heterocycles. The molecule has 1 aliphatic rings. The summed E-state index contributed by atoms with van der Waals surface area (Å²) in [6.07, 6.45) is 5.13. The highest BCUT2D eigenvalue weighted by Crippen LogP contribution is 2.42. The van der Waals surface area contributed by atoms with Crippen LogP contribution in [-0.2, 0) is 0 Å². The molecular weight excluding hydrogens is 360 g/mol. The third kappa shape index (κ3) is 2.78. The highest BCUT2D eigenvalue weighted by molar-refractivity contribution is 5.93. The summed E-state index contributed by atoms with van der Waals surface area (Å²) in [4.78, 5) is 13.3. The van der Waals surface area contributed by atoms with Gasteiger partial charge in [0.15, 0.2) is 0 Å². The van der Waals surface area contributed by atoms with Crippen molar-refractivity contribution in [2.24, 2.45) is 0 Å². The fraction of sp³-hybridized carbons (Fsp3) is 0.227. The number of phenolic OH excluding ortho intramolecular Hbond substituents is 1. The molecule has 0 saturated carbocycles. The average molecular weight is 380 g/mol. The van der Waals surface area contributed by atoms with Gasteiger partial charge in [0.2, 0.25) is 5.43 Å². The van der Waals surface area contributed by atoms with Crippen LogP contribution in [0.3, 0.4) is 0 Å². The maximum Gasteiger partial charge on any atom is 0.204 e. The van der Waals surface area contributed by atoms with Crippen LogP contribution in [0.25, 0.3) is 28.2 Å². The highest BCUT2D eigenvalue weighted by atomic mass is 16.5. The Kier molecular flexibility index (Phi) is 4.07. The molecule has 0 aliphatic carbocycles. The number of hydrogen-bond donors (Lipinski definition) is 1. The van der Waals surface area contributed by atoms with Crippen LogP contribution in [0.15, 0.2) is 45.8 Å². The molecule has 0 bridgehead atoms. The van der Waals surface area contributed by atoms with E-state index in [9.17, 15) is 9.90 Å². The topological polar surface area (TPSA) is 78.1 Å². The fourth-order valence-corrected chi connectivity index (χ4v) is 3.35. The van der Waals surface area contributed by atoms with Crippen LogP contribution in [0.2, 0.25) is 0 Å². The van der Waals surface area contributed by atoms with Gasteiger partial charge in [-0.15, -0.1) is 0 Å². The summed E-state index contributed by atoms with van der Waals surface area (Å²) >= 11 is 0. The number of fused-ring (bicyclic) bond motifs is 2. The molecular formula is C22H20O6. The molecule has 3 aromatic rings. The smallest absolute Gasteiger partial charge is 0.204 e. The van der Waals surface area contributed by atoms with Gasteiger partial charge in [-0.1, -0.05) is 0 Å². The number of ether oxygens (including phenoxy) is 3. The Balaban J connectivity index is 1.99. The highest BCUT2D eigenvalue weighted by Gasteiger charge is 2.27. The molecule has 0 radical (unpaired) electrons. The Labute approximate surface area is 161 Å². The number of benzene rings is 2. The van der Waals surface area contributed by atoms with E-state index in [2.05, 4.69) is 0 Å².